The van der Waals surface area contributed by atoms with Gasteiger partial charge in [-0.05, 0) is 23.4 Å². The molecule has 0 aliphatic carbocycles. The molecule has 0 radical (unpaired) electrons. The molecule has 1 aliphatic heterocycles. The van der Waals surface area contributed by atoms with E-state index in [1.54, 1.807) is 23.5 Å². The molecule has 24 heavy (non-hydrogen) atoms. The Labute approximate surface area is 144 Å². The van der Waals surface area contributed by atoms with E-state index >= 15 is 0 Å². The van der Waals surface area contributed by atoms with Gasteiger partial charge >= 0.3 is 0 Å². The summed E-state index contributed by atoms with van der Waals surface area (Å²) in [5.41, 5.74) is 2.00. The number of hydrogen-bond donors (Lipinski definition) is 1. The average molecular weight is 348 g/mol. The van der Waals surface area contributed by atoms with Crippen molar-refractivity contribution in [3.63, 3.8) is 0 Å². The van der Waals surface area contributed by atoms with Crippen LogP contribution in [0.2, 0.25) is 0 Å². The zero-order valence-electron chi connectivity index (χ0n) is 13.3. The first-order valence-corrected chi connectivity index (χ1v) is 8.77. The second-order valence-electron chi connectivity index (χ2n) is 5.91. The minimum absolute atomic E-state index is 0.201. The minimum Gasteiger partial charge on any atom is -0.389 e. The third-order valence-corrected chi connectivity index (χ3v) is 4.97. The van der Waals surface area contributed by atoms with Crippen molar-refractivity contribution in [2.24, 2.45) is 0 Å². The van der Waals surface area contributed by atoms with Crippen molar-refractivity contribution in [1.29, 1.82) is 0 Å². The van der Waals surface area contributed by atoms with Gasteiger partial charge in [0, 0.05) is 36.1 Å². The number of hydrogen-bond acceptors (Lipinski definition) is 6. The molecule has 1 aromatic carbocycles. The van der Waals surface area contributed by atoms with Gasteiger partial charge in [-0.1, -0.05) is 18.2 Å². The van der Waals surface area contributed by atoms with Crippen LogP contribution in [-0.4, -0.2) is 40.7 Å². The molecule has 1 unspecified atom stereocenters. The highest BCUT2D eigenvalue weighted by molar-refractivity contribution is 7.09. The standard InChI is InChI=1S/C17H20N2O4S/c20-14(11-23-12-15-4-2-8-24-15)10-18-7-6-16-13(9-18)3-1-5-17(16)19(21)22/h1-5,8,14,20H,6-7,9-12H2. The Bertz CT molecular complexity index is 690. The fraction of sp³-hybridized carbons (Fsp3) is 0.412. The summed E-state index contributed by atoms with van der Waals surface area (Å²) in [5.74, 6) is 0. The molecule has 0 bridgehead atoms. The molecule has 0 amide bonds. The van der Waals surface area contributed by atoms with Crippen LogP contribution in [0.1, 0.15) is 16.0 Å². The molecule has 2 heterocycles. The molecule has 1 aromatic heterocycles. The molecule has 1 atom stereocenters. The number of aliphatic hydroxyl groups is 1. The van der Waals surface area contributed by atoms with Crippen molar-refractivity contribution < 1.29 is 14.8 Å². The topological polar surface area (TPSA) is 75.8 Å². The number of nitrogens with zero attached hydrogens (tertiary/aromatic N) is 2. The number of aliphatic hydroxyl groups excluding tert-OH is 1. The van der Waals surface area contributed by atoms with Crippen molar-refractivity contribution in [3.05, 3.63) is 61.8 Å². The highest BCUT2D eigenvalue weighted by atomic mass is 32.1. The van der Waals surface area contributed by atoms with Gasteiger partial charge in [-0.3, -0.25) is 15.0 Å². The quantitative estimate of drug-likeness (QED) is 0.615. The molecule has 1 N–H and O–H groups in total. The van der Waals surface area contributed by atoms with Crippen molar-refractivity contribution in [2.45, 2.75) is 25.7 Å². The maximum atomic E-state index is 11.1. The summed E-state index contributed by atoms with van der Waals surface area (Å²) in [6.45, 7) is 2.64. The lowest BCUT2D eigenvalue weighted by atomic mass is 9.97. The molecule has 6 nitrogen and oxygen atoms in total. The normalized spacial score (nSPS) is 15.9. The van der Waals surface area contributed by atoms with Crippen LogP contribution in [0, 0.1) is 10.1 Å². The van der Waals surface area contributed by atoms with Gasteiger partial charge in [0.15, 0.2) is 0 Å². The fourth-order valence-electron chi connectivity index (χ4n) is 3.02. The van der Waals surface area contributed by atoms with Crippen LogP contribution in [0.3, 0.4) is 0 Å². The summed E-state index contributed by atoms with van der Waals surface area (Å²) in [5, 5.41) is 23.2. The van der Waals surface area contributed by atoms with Gasteiger partial charge in [-0.15, -0.1) is 11.3 Å². The van der Waals surface area contributed by atoms with Crippen LogP contribution in [0.15, 0.2) is 35.7 Å². The first-order chi connectivity index (χ1) is 11.6. The predicted octanol–water partition coefficient (Wildman–Crippen LogP) is 2.59. The first kappa shape index (κ1) is 17.0. The second-order valence-corrected chi connectivity index (χ2v) is 6.94. The van der Waals surface area contributed by atoms with E-state index in [-0.39, 0.29) is 17.2 Å². The van der Waals surface area contributed by atoms with Crippen LogP contribution in [-0.2, 0) is 24.3 Å². The summed E-state index contributed by atoms with van der Waals surface area (Å²) in [4.78, 5) is 14.0. The number of thiophene rings is 1. The summed E-state index contributed by atoms with van der Waals surface area (Å²) in [6, 6.07) is 9.19. The first-order valence-electron chi connectivity index (χ1n) is 7.89. The van der Waals surface area contributed by atoms with Crippen LogP contribution in [0.5, 0.6) is 0 Å². The lowest BCUT2D eigenvalue weighted by Gasteiger charge is -2.30. The third kappa shape index (κ3) is 4.18. The van der Waals surface area contributed by atoms with Gasteiger partial charge in [0.05, 0.1) is 24.2 Å². The maximum Gasteiger partial charge on any atom is 0.272 e. The van der Waals surface area contributed by atoms with Crippen LogP contribution < -0.4 is 0 Å². The molecule has 0 fully saturated rings. The predicted molar refractivity (Wildman–Crippen MR) is 92.1 cm³/mol. The zero-order valence-corrected chi connectivity index (χ0v) is 14.1. The number of rotatable bonds is 7. The van der Waals surface area contributed by atoms with E-state index in [9.17, 15) is 15.2 Å². The SMILES string of the molecule is O=[N+]([O-])c1cccc2c1CCN(CC(O)COCc1cccs1)C2. The average Bonchev–Trinajstić information content (AvgIpc) is 3.07. The lowest BCUT2D eigenvalue weighted by molar-refractivity contribution is -0.385. The molecule has 0 saturated heterocycles. The molecule has 2 aromatic rings. The molecular weight excluding hydrogens is 328 g/mol. The molecular formula is C17H20N2O4S. The van der Waals surface area contributed by atoms with Gasteiger partial charge < -0.3 is 9.84 Å². The van der Waals surface area contributed by atoms with E-state index in [4.69, 9.17) is 4.74 Å². The van der Waals surface area contributed by atoms with Gasteiger partial charge in [0.1, 0.15) is 0 Å². The fourth-order valence-corrected chi connectivity index (χ4v) is 3.66. The number of β-amino-alcohol motifs (C(OH)–C–C–N with tert-alkyl or cyclic N) is 1. The molecule has 7 heteroatoms. The molecule has 3 rings (SSSR count). The Balaban J connectivity index is 1.50. The van der Waals surface area contributed by atoms with Crippen molar-refractivity contribution in [2.75, 3.05) is 19.7 Å². The molecule has 128 valence electrons. The zero-order chi connectivity index (χ0) is 16.9. The van der Waals surface area contributed by atoms with E-state index in [1.165, 1.54) is 0 Å². The summed E-state index contributed by atoms with van der Waals surface area (Å²) in [7, 11) is 0. The smallest absolute Gasteiger partial charge is 0.272 e. The maximum absolute atomic E-state index is 11.1. The summed E-state index contributed by atoms with van der Waals surface area (Å²) < 4.78 is 5.55. The van der Waals surface area contributed by atoms with Gasteiger partial charge in [-0.2, -0.15) is 0 Å². The Kier molecular flexibility index (Phi) is 5.57. The van der Waals surface area contributed by atoms with E-state index in [0.717, 1.165) is 16.0 Å². The molecule has 1 aliphatic rings. The summed E-state index contributed by atoms with van der Waals surface area (Å²) in [6.07, 6.45) is 0.0696. The monoisotopic (exact) mass is 348 g/mol. The lowest BCUT2D eigenvalue weighted by Crippen LogP contribution is -2.38. The van der Waals surface area contributed by atoms with Crippen LogP contribution in [0.25, 0.3) is 0 Å². The minimum atomic E-state index is -0.565. The van der Waals surface area contributed by atoms with E-state index in [1.807, 2.05) is 23.6 Å². The van der Waals surface area contributed by atoms with Gasteiger partial charge in [0.25, 0.3) is 5.69 Å². The van der Waals surface area contributed by atoms with Crippen LogP contribution >= 0.6 is 11.3 Å². The van der Waals surface area contributed by atoms with Crippen molar-refractivity contribution >= 4 is 17.0 Å². The van der Waals surface area contributed by atoms with E-state index in [0.29, 0.717) is 32.7 Å². The largest absolute Gasteiger partial charge is 0.389 e. The Hall–Kier alpha value is -1.80. The van der Waals surface area contributed by atoms with Gasteiger partial charge in [0.2, 0.25) is 0 Å². The number of fused-ring (bicyclic) bond motifs is 1. The van der Waals surface area contributed by atoms with Crippen molar-refractivity contribution in [3.8, 4) is 0 Å². The van der Waals surface area contributed by atoms with Crippen molar-refractivity contribution in [1.82, 2.24) is 4.90 Å². The number of nitro benzene ring substituents is 1. The second kappa shape index (κ2) is 7.85. The highest BCUT2D eigenvalue weighted by Gasteiger charge is 2.24. The number of ether oxygens (including phenoxy) is 1. The Morgan fingerprint density at radius 1 is 1.38 bits per heavy atom. The summed E-state index contributed by atoms with van der Waals surface area (Å²) >= 11 is 1.63. The number of benzene rings is 1. The van der Waals surface area contributed by atoms with Gasteiger partial charge in [-0.25, -0.2) is 0 Å². The number of nitro groups is 1. The Morgan fingerprint density at radius 3 is 3.00 bits per heavy atom. The Morgan fingerprint density at radius 2 is 2.25 bits per heavy atom. The van der Waals surface area contributed by atoms with Crippen LogP contribution in [0.4, 0.5) is 5.69 Å². The van der Waals surface area contributed by atoms with E-state index < -0.39 is 6.10 Å². The highest BCUT2D eigenvalue weighted by Crippen LogP contribution is 2.27. The third-order valence-electron chi connectivity index (χ3n) is 4.12. The molecule has 0 saturated carbocycles. The molecule has 0 spiro atoms. The van der Waals surface area contributed by atoms with E-state index in [2.05, 4.69) is 4.90 Å².